The van der Waals surface area contributed by atoms with Gasteiger partial charge in [0.1, 0.15) is 5.78 Å². The van der Waals surface area contributed by atoms with E-state index in [1.165, 1.54) is 0 Å². The van der Waals surface area contributed by atoms with Gasteiger partial charge in [-0.05, 0) is 18.1 Å². The highest BCUT2D eigenvalue weighted by Gasteiger charge is 2.58. The molecule has 1 saturated heterocycles. The Morgan fingerprint density at radius 1 is 1.26 bits per heavy atom. The van der Waals surface area contributed by atoms with Crippen LogP contribution < -0.4 is 0 Å². The quantitative estimate of drug-likeness (QED) is 0.757. The number of carbonyl (C=O) groups is 2. The second-order valence-electron chi connectivity index (χ2n) is 5.91. The van der Waals surface area contributed by atoms with Crippen LogP contribution in [0.1, 0.15) is 41.1 Å². The summed E-state index contributed by atoms with van der Waals surface area (Å²) in [6, 6.07) is 7.28. The topological polar surface area (TPSA) is 57.6 Å². The van der Waals surface area contributed by atoms with Crippen LogP contribution in [0.15, 0.2) is 24.3 Å². The first-order chi connectivity index (χ1) is 9.10. The molecule has 1 aromatic carbocycles. The van der Waals surface area contributed by atoms with E-state index >= 15 is 0 Å². The molecule has 1 amide bonds. The average Bonchev–Trinajstić information content (AvgIpc) is 2.73. The number of benzene rings is 1. The molecule has 19 heavy (non-hydrogen) atoms. The average molecular weight is 257 g/mol. The summed E-state index contributed by atoms with van der Waals surface area (Å²) >= 11 is 0. The molecule has 1 aliphatic carbocycles. The molecule has 2 fully saturated rings. The van der Waals surface area contributed by atoms with Gasteiger partial charge in [-0.15, -0.1) is 0 Å². The molecule has 4 rings (SSSR count). The molecule has 0 aromatic heterocycles. The van der Waals surface area contributed by atoms with E-state index in [9.17, 15) is 14.7 Å². The first kappa shape index (κ1) is 11.2. The lowest BCUT2D eigenvalue weighted by molar-refractivity contribution is -0.131. The molecule has 0 spiro atoms. The smallest absolute Gasteiger partial charge is 0.254 e. The molecular weight excluding hydrogens is 242 g/mol. The third kappa shape index (κ3) is 1.32. The van der Waals surface area contributed by atoms with E-state index < -0.39 is 5.60 Å². The monoisotopic (exact) mass is 257 g/mol. The van der Waals surface area contributed by atoms with Crippen molar-refractivity contribution in [1.82, 2.24) is 4.90 Å². The number of amides is 1. The van der Waals surface area contributed by atoms with Gasteiger partial charge in [-0.2, -0.15) is 0 Å². The van der Waals surface area contributed by atoms with Crippen LogP contribution in [0.5, 0.6) is 0 Å². The number of nitrogens with zero attached hydrogens (tertiary/aromatic N) is 1. The van der Waals surface area contributed by atoms with E-state index in [2.05, 4.69) is 0 Å². The van der Waals surface area contributed by atoms with E-state index in [4.69, 9.17) is 0 Å². The molecule has 2 heterocycles. The zero-order valence-electron chi connectivity index (χ0n) is 10.5. The maximum Gasteiger partial charge on any atom is 0.254 e. The first-order valence-electron chi connectivity index (χ1n) is 6.74. The second-order valence-corrected chi connectivity index (χ2v) is 5.91. The lowest BCUT2D eigenvalue weighted by Crippen LogP contribution is -2.57. The van der Waals surface area contributed by atoms with Gasteiger partial charge in [-0.1, -0.05) is 18.2 Å². The fraction of sp³-hybridized carbons (Fsp3) is 0.467. The van der Waals surface area contributed by atoms with Gasteiger partial charge in [-0.25, -0.2) is 0 Å². The van der Waals surface area contributed by atoms with Crippen molar-refractivity contribution in [2.45, 2.75) is 36.8 Å². The zero-order chi connectivity index (χ0) is 13.2. The lowest BCUT2D eigenvalue weighted by atomic mass is 9.68. The molecular formula is C15H15NO3. The highest BCUT2D eigenvalue weighted by Crippen LogP contribution is 2.49. The van der Waals surface area contributed by atoms with E-state index in [0.29, 0.717) is 24.9 Å². The van der Waals surface area contributed by atoms with Crippen LogP contribution in [-0.2, 0) is 4.79 Å². The Hall–Kier alpha value is -1.68. The zero-order valence-corrected chi connectivity index (χ0v) is 10.5. The van der Waals surface area contributed by atoms with Crippen molar-refractivity contribution in [3.8, 4) is 0 Å². The summed E-state index contributed by atoms with van der Waals surface area (Å²) in [5.41, 5.74) is 0.619. The van der Waals surface area contributed by atoms with E-state index in [1.54, 1.807) is 4.90 Å². The van der Waals surface area contributed by atoms with E-state index in [-0.39, 0.29) is 30.1 Å². The second kappa shape index (κ2) is 3.45. The van der Waals surface area contributed by atoms with Crippen LogP contribution in [0, 0.1) is 0 Å². The molecule has 1 saturated carbocycles. The van der Waals surface area contributed by atoms with Crippen molar-refractivity contribution in [3.63, 3.8) is 0 Å². The predicted molar refractivity (Wildman–Crippen MR) is 67.8 cm³/mol. The van der Waals surface area contributed by atoms with E-state index in [1.807, 2.05) is 24.3 Å². The molecule has 1 N–H and O–H groups in total. The number of aliphatic hydroxyl groups is 1. The van der Waals surface area contributed by atoms with Gasteiger partial charge in [0, 0.05) is 30.9 Å². The minimum Gasteiger partial charge on any atom is -0.387 e. The minimum atomic E-state index is -1.01. The first-order valence-corrected chi connectivity index (χ1v) is 6.74. The predicted octanol–water partition coefficient (Wildman–Crippen LogP) is 1.09. The summed E-state index contributed by atoms with van der Waals surface area (Å²) in [6.07, 6.45) is 1.15. The molecule has 1 aromatic rings. The minimum absolute atomic E-state index is 0.00197. The molecule has 0 unspecified atom stereocenters. The Kier molecular flexibility index (Phi) is 2.03. The molecule has 0 radical (unpaired) electrons. The summed E-state index contributed by atoms with van der Waals surface area (Å²) < 4.78 is 0. The standard InChI is InChI=1S/C15H15NO3/c17-9-7-12-10-3-1-2-4-11(10)14(18)16-6-5-15(19,8-9)13(12)16/h1-4,12-13,19H,5-8H2/t12-,13+,15+/m0/s1. The van der Waals surface area contributed by atoms with Crippen LogP contribution in [-0.4, -0.2) is 39.9 Å². The van der Waals surface area contributed by atoms with Crippen molar-refractivity contribution in [2.24, 2.45) is 0 Å². The van der Waals surface area contributed by atoms with Crippen LogP contribution >= 0.6 is 0 Å². The molecule has 4 heteroatoms. The fourth-order valence-corrected chi connectivity index (χ4v) is 4.12. The van der Waals surface area contributed by atoms with E-state index in [0.717, 1.165) is 5.56 Å². The molecule has 4 nitrogen and oxygen atoms in total. The number of hydrogen-bond donors (Lipinski definition) is 1. The highest BCUT2D eigenvalue weighted by atomic mass is 16.3. The van der Waals surface area contributed by atoms with Gasteiger partial charge >= 0.3 is 0 Å². The van der Waals surface area contributed by atoms with Crippen LogP contribution in [0.2, 0.25) is 0 Å². The highest BCUT2D eigenvalue weighted by molar-refractivity contribution is 5.99. The summed E-state index contributed by atoms with van der Waals surface area (Å²) in [7, 11) is 0. The Morgan fingerprint density at radius 3 is 2.89 bits per heavy atom. The van der Waals surface area contributed by atoms with Crippen molar-refractivity contribution in [2.75, 3.05) is 6.54 Å². The van der Waals surface area contributed by atoms with Gasteiger partial charge in [0.25, 0.3) is 5.91 Å². The molecule has 3 atom stereocenters. The normalized spacial score (nSPS) is 36.2. The van der Waals surface area contributed by atoms with Crippen molar-refractivity contribution < 1.29 is 14.7 Å². The Morgan fingerprint density at radius 2 is 2.05 bits per heavy atom. The number of carbonyl (C=O) groups excluding carboxylic acids is 2. The molecule has 3 aliphatic rings. The summed E-state index contributed by atoms with van der Waals surface area (Å²) in [5.74, 6) is 0.0690. The van der Waals surface area contributed by atoms with Crippen LogP contribution in [0.4, 0.5) is 0 Å². The van der Waals surface area contributed by atoms with Crippen LogP contribution in [0.25, 0.3) is 0 Å². The maximum absolute atomic E-state index is 12.5. The number of rotatable bonds is 0. The fourth-order valence-electron chi connectivity index (χ4n) is 4.12. The van der Waals surface area contributed by atoms with Gasteiger partial charge < -0.3 is 10.0 Å². The summed E-state index contributed by atoms with van der Waals surface area (Å²) in [4.78, 5) is 26.2. The van der Waals surface area contributed by atoms with Crippen molar-refractivity contribution in [3.05, 3.63) is 35.4 Å². The largest absolute Gasteiger partial charge is 0.387 e. The van der Waals surface area contributed by atoms with Crippen molar-refractivity contribution in [1.29, 1.82) is 0 Å². The number of hydrogen-bond acceptors (Lipinski definition) is 3. The third-order valence-electron chi connectivity index (χ3n) is 4.86. The van der Waals surface area contributed by atoms with Gasteiger partial charge in [0.15, 0.2) is 0 Å². The number of ketones is 1. The molecule has 2 aliphatic heterocycles. The molecule has 98 valence electrons. The van der Waals surface area contributed by atoms with Crippen LogP contribution in [0.3, 0.4) is 0 Å². The van der Waals surface area contributed by atoms with Gasteiger partial charge in [0.2, 0.25) is 0 Å². The Balaban J connectivity index is 1.93. The summed E-state index contributed by atoms with van der Waals surface area (Å²) in [5, 5.41) is 10.7. The Bertz CT molecular complexity index is 597. The van der Waals surface area contributed by atoms with Crippen molar-refractivity contribution >= 4 is 11.7 Å². The van der Waals surface area contributed by atoms with Gasteiger partial charge in [-0.3, -0.25) is 9.59 Å². The third-order valence-corrected chi connectivity index (χ3v) is 4.86. The lowest BCUT2D eigenvalue weighted by Gasteiger charge is -2.46. The number of Topliss-reactive ketones (excluding diaryl/α,β-unsaturated/α-hetero) is 1. The Labute approximate surface area is 111 Å². The molecule has 0 bridgehead atoms. The van der Waals surface area contributed by atoms with Gasteiger partial charge in [0.05, 0.1) is 11.6 Å². The summed E-state index contributed by atoms with van der Waals surface area (Å²) in [6.45, 7) is 0.554. The maximum atomic E-state index is 12.5. The SMILES string of the molecule is O=C1C[C@H]2c3ccccc3C(=O)N3CC[C@@](O)(C1)[C@@H]23. The number of fused-ring (bicyclic) bond motifs is 2.